The maximum Gasteiger partial charge on any atom is 0.190 e. The molecule has 3 nitrogen and oxygen atoms in total. The van der Waals surface area contributed by atoms with Crippen molar-refractivity contribution in [1.82, 2.24) is 9.97 Å². The van der Waals surface area contributed by atoms with E-state index in [9.17, 15) is 0 Å². The van der Waals surface area contributed by atoms with Gasteiger partial charge in [-0.25, -0.2) is 9.97 Å². The number of nitrogen functional groups attached to an aromatic ring is 1. The van der Waals surface area contributed by atoms with Gasteiger partial charge in [-0.15, -0.1) is 0 Å². The zero-order chi connectivity index (χ0) is 16.1. The fourth-order valence-corrected chi connectivity index (χ4v) is 4.08. The number of hydrogen-bond acceptors (Lipinski definition) is 5. The Morgan fingerprint density at radius 3 is 2.65 bits per heavy atom. The van der Waals surface area contributed by atoms with Gasteiger partial charge in [-0.05, 0) is 29.3 Å². The maximum absolute atomic E-state index is 5.93. The Balaban J connectivity index is 1.80. The molecule has 0 bridgehead atoms. The largest absolute Gasteiger partial charge is 0.384 e. The van der Waals surface area contributed by atoms with Crippen LogP contribution >= 0.6 is 23.5 Å². The van der Waals surface area contributed by atoms with Crippen molar-refractivity contribution in [2.75, 3.05) is 11.5 Å². The van der Waals surface area contributed by atoms with Gasteiger partial charge in [0.25, 0.3) is 0 Å². The van der Waals surface area contributed by atoms with Crippen LogP contribution in [-0.4, -0.2) is 15.7 Å². The van der Waals surface area contributed by atoms with Crippen LogP contribution in [-0.2, 0) is 0 Å². The van der Waals surface area contributed by atoms with Crippen LogP contribution in [0.2, 0.25) is 0 Å². The summed E-state index contributed by atoms with van der Waals surface area (Å²) in [6, 6.07) is 16.6. The number of fused-ring (bicyclic) bond motifs is 1. The first-order valence-corrected chi connectivity index (χ1v) is 9.49. The van der Waals surface area contributed by atoms with Crippen molar-refractivity contribution in [1.29, 1.82) is 0 Å². The van der Waals surface area contributed by atoms with Crippen LogP contribution in [0.1, 0.15) is 19.8 Å². The maximum atomic E-state index is 5.93. The summed E-state index contributed by atoms with van der Waals surface area (Å²) in [5, 5.41) is 4.14. The first-order chi connectivity index (χ1) is 11.2. The fourth-order valence-electron chi connectivity index (χ4n) is 2.20. The van der Waals surface area contributed by atoms with Gasteiger partial charge in [0.15, 0.2) is 5.16 Å². The molecule has 0 aliphatic carbocycles. The number of hydrogen-bond donors (Lipinski definition) is 1. The molecule has 0 aliphatic heterocycles. The van der Waals surface area contributed by atoms with Crippen LogP contribution < -0.4 is 5.73 Å². The normalized spacial score (nSPS) is 11.0. The Morgan fingerprint density at radius 1 is 1.00 bits per heavy atom. The highest BCUT2D eigenvalue weighted by Crippen LogP contribution is 2.31. The average molecular weight is 342 g/mol. The topological polar surface area (TPSA) is 51.8 Å². The second kappa shape index (κ2) is 7.70. The van der Waals surface area contributed by atoms with Gasteiger partial charge in [-0.2, -0.15) is 0 Å². The Hall–Kier alpha value is -1.72. The molecule has 0 atom stereocenters. The summed E-state index contributed by atoms with van der Waals surface area (Å²) in [6.45, 7) is 2.18. The van der Waals surface area contributed by atoms with Crippen molar-refractivity contribution in [2.45, 2.75) is 34.8 Å². The predicted octanol–water partition coefficient (Wildman–Crippen LogP) is 5.26. The summed E-state index contributed by atoms with van der Waals surface area (Å²) in [4.78, 5) is 10.1. The second-order valence-corrected chi connectivity index (χ2v) is 7.38. The van der Waals surface area contributed by atoms with Crippen LogP contribution in [0.25, 0.3) is 10.8 Å². The number of rotatable bonds is 6. The summed E-state index contributed by atoms with van der Waals surface area (Å²) in [5.74, 6) is 1.56. The van der Waals surface area contributed by atoms with E-state index >= 15 is 0 Å². The molecule has 0 unspecified atom stereocenters. The lowest BCUT2D eigenvalue weighted by atomic mass is 10.1. The Kier molecular flexibility index (Phi) is 5.41. The van der Waals surface area contributed by atoms with Crippen LogP contribution in [0.5, 0.6) is 0 Å². The van der Waals surface area contributed by atoms with Gasteiger partial charge in [-0.3, -0.25) is 0 Å². The molecule has 3 rings (SSSR count). The second-order valence-electron chi connectivity index (χ2n) is 5.23. The highest BCUT2D eigenvalue weighted by Gasteiger charge is 2.06. The van der Waals surface area contributed by atoms with Crippen LogP contribution in [0.15, 0.2) is 63.6 Å². The molecule has 0 radical (unpaired) electrons. The number of nitrogens with zero attached hydrogens (tertiary/aromatic N) is 2. The fraction of sp³-hybridized carbons (Fsp3) is 0.222. The molecule has 0 saturated carbocycles. The molecule has 2 N–H and O–H groups in total. The van der Waals surface area contributed by atoms with Gasteiger partial charge >= 0.3 is 0 Å². The third-order valence-electron chi connectivity index (χ3n) is 3.37. The van der Waals surface area contributed by atoms with Gasteiger partial charge in [0.2, 0.25) is 0 Å². The van der Waals surface area contributed by atoms with Gasteiger partial charge in [-0.1, -0.05) is 67.2 Å². The number of nitrogens with two attached hydrogens (primary N) is 1. The van der Waals surface area contributed by atoms with Crippen molar-refractivity contribution in [3.63, 3.8) is 0 Å². The third-order valence-corrected chi connectivity index (χ3v) is 5.22. The summed E-state index contributed by atoms with van der Waals surface area (Å²) in [7, 11) is 0. The summed E-state index contributed by atoms with van der Waals surface area (Å²) in [5.41, 5.74) is 5.93. The molecule has 0 aliphatic rings. The Morgan fingerprint density at radius 2 is 1.83 bits per heavy atom. The molecule has 2 aromatic carbocycles. The first-order valence-electron chi connectivity index (χ1n) is 7.68. The number of thioether (sulfide) groups is 1. The van der Waals surface area contributed by atoms with E-state index in [1.165, 1.54) is 17.2 Å². The van der Waals surface area contributed by atoms with Gasteiger partial charge in [0.1, 0.15) is 10.8 Å². The number of anilines is 1. The summed E-state index contributed by atoms with van der Waals surface area (Å²) >= 11 is 3.30. The van der Waals surface area contributed by atoms with Crippen LogP contribution in [0.4, 0.5) is 5.82 Å². The molecule has 5 heteroatoms. The lowest BCUT2D eigenvalue weighted by molar-refractivity contribution is 0.874. The predicted molar refractivity (Wildman–Crippen MR) is 100 cm³/mol. The molecule has 23 heavy (non-hydrogen) atoms. The Bertz CT molecular complexity index is 805. The smallest absolute Gasteiger partial charge is 0.190 e. The molecular formula is C18H19N3S2. The molecular weight excluding hydrogens is 322 g/mol. The van der Waals surface area contributed by atoms with E-state index in [0.717, 1.165) is 27.3 Å². The van der Waals surface area contributed by atoms with Crippen LogP contribution in [0, 0.1) is 0 Å². The molecule has 118 valence electrons. The Labute approximate surface area is 145 Å². The van der Waals surface area contributed by atoms with Crippen LogP contribution in [0.3, 0.4) is 0 Å². The SMILES string of the molecule is CCCCSc1nc(N)cc(Sc2ccc3ccccc3c2)n1. The molecule has 0 spiro atoms. The van der Waals surface area contributed by atoms with Gasteiger partial charge in [0, 0.05) is 16.7 Å². The summed E-state index contributed by atoms with van der Waals surface area (Å²) in [6.07, 6.45) is 2.34. The van der Waals surface area contributed by atoms with Gasteiger partial charge < -0.3 is 5.73 Å². The minimum Gasteiger partial charge on any atom is -0.384 e. The molecule has 1 heterocycles. The van der Waals surface area contributed by atoms with Crippen molar-refractivity contribution >= 4 is 40.1 Å². The first kappa shape index (κ1) is 16.1. The van der Waals surface area contributed by atoms with E-state index in [2.05, 4.69) is 59.4 Å². The number of aromatic nitrogens is 2. The minimum absolute atomic E-state index is 0.530. The van der Waals surface area contributed by atoms with Crippen molar-refractivity contribution < 1.29 is 0 Å². The zero-order valence-electron chi connectivity index (χ0n) is 13.0. The van der Waals surface area contributed by atoms with Crippen molar-refractivity contribution in [2.24, 2.45) is 0 Å². The zero-order valence-corrected chi connectivity index (χ0v) is 14.7. The van der Waals surface area contributed by atoms with Crippen molar-refractivity contribution in [3.05, 3.63) is 48.5 Å². The standard InChI is InChI=1S/C18H19N3S2/c1-2-3-10-22-18-20-16(19)12-17(21-18)23-15-9-8-13-6-4-5-7-14(13)11-15/h4-9,11-12H,2-3,10H2,1H3,(H2,19,20,21). The quantitative estimate of drug-likeness (QED) is 0.287. The highest BCUT2D eigenvalue weighted by molar-refractivity contribution is 7.99. The molecule has 1 aromatic heterocycles. The average Bonchev–Trinajstić information content (AvgIpc) is 2.54. The van der Waals surface area contributed by atoms with Crippen molar-refractivity contribution in [3.8, 4) is 0 Å². The van der Waals surface area contributed by atoms with E-state index in [0.29, 0.717) is 5.82 Å². The number of unbranched alkanes of at least 4 members (excludes halogenated alkanes) is 1. The molecule has 3 aromatic rings. The van der Waals surface area contributed by atoms with E-state index in [4.69, 9.17) is 5.73 Å². The molecule has 0 amide bonds. The lowest BCUT2D eigenvalue weighted by Gasteiger charge is -2.06. The molecule has 0 saturated heterocycles. The third kappa shape index (κ3) is 4.39. The summed E-state index contributed by atoms with van der Waals surface area (Å²) < 4.78 is 0. The number of benzene rings is 2. The highest BCUT2D eigenvalue weighted by atomic mass is 32.2. The lowest BCUT2D eigenvalue weighted by Crippen LogP contribution is -1.96. The van der Waals surface area contributed by atoms with E-state index in [1.54, 1.807) is 23.5 Å². The monoisotopic (exact) mass is 341 g/mol. The van der Waals surface area contributed by atoms with E-state index in [-0.39, 0.29) is 0 Å². The molecule has 0 fully saturated rings. The van der Waals surface area contributed by atoms with E-state index < -0.39 is 0 Å². The van der Waals surface area contributed by atoms with Gasteiger partial charge in [0.05, 0.1) is 0 Å². The van der Waals surface area contributed by atoms with E-state index in [1.807, 2.05) is 6.07 Å². The minimum atomic E-state index is 0.530.